The van der Waals surface area contributed by atoms with Crippen molar-refractivity contribution in [3.63, 3.8) is 0 Å². The lowest BCUT2D eigenvalue weighted by Gasteiger charge is -2.34. The summed E-state index contributed by atoms with van der Waals surface area (Å²) in [5.41, 5.74) is 0. The molecule has 1 aliphatic rings. The van der Waals surface area contributed by atoms with Crippen LogP contribution in [0.25, 0.3) is 0 Å². The minimum atomic E-state index is -3.25. The summed E-state index contributed by atoms with van der Waals surface area (Å²) in [6.07, 6.45) is 1.91. The largest absolute Gasteiger partial charge is 0.319 e. The lowest BCUT2D eigenvalue weighted by atomic mass is 9.98. The Morgan fingerprint density at radius 1 is 1.32 bits per heavy atom. The third-order valence-electron chi connectivity index (χ3n) is 3.41. The highest BCUT2D eigenvalue weighted by atomic mass is 35.5. The quantitative estimate of drug-likeness (QED) is 0.801. The molecule has 1 heterocycles. The molecular weight excluding hydrogens is 286 g/mol. The molecule has 0 bridgehead atoms. The Kier molecular flexibility index (Phi) is 8.47. The molecule has 0 aromatic carbocycles. The average molecular weight is 314 g/mol. The van der Waals surface area contributed by atoms with Gasteiger partial charge in [0.1, 0.15) is 0 Å². The van der Waals surface area contributed by atoms with Crippen molar-refractivity contribution in [3.8, 4) is 0 Å². The number of piperidine rings is 1. The van der Waals surface area contributed by atoms with Crippen molar-refractivity contribution >= 4 is 22.6 Å². The van der Waals surface area contributed by atoms with E-state index in [1.807, 2.05) is 20.9 Å². The molecule has 7 heteroatoms. The lowest BCUT2D eigenvalue weighted by Crippen LogP contribution is -2.47. The van der Waals surface area contributed by atoms with Gasteiger partial charge in [-0.15, -0.1) is 12.4 Å². The van der Waals surface area contributed by atoms with Crippen LogP contribution < -0.4 is 5.32 Å². The molecule has 0 aromatic rings. The van der Waals surface area contributed by atoms with Crippen LogP contribution in [0.15, 0.2) is 0 Å². The van der Waals surface area contributed by atoms with Crippen molar-refractivity contribution in [1.82, 2.24) is 13.9 Å². The third kappa shape index (κ3) is 5.55. The van der Waals surface area contributed by atoms with Gasteiger partial charge in [-0.25, -0.2) is 0 Å². The topological polar surface area (TPSA) is 52.7 Å². The van der Waals surface area contributed by atoms with E-state index in [0.29, 0.717) is 31.5 Å². The summed E-state index contributed by atoms with van der Waals surface area (Å²) in [7, 11) is 0.370. The number of rotatable bonds is 6. The summed E-state index contributed by atoms with van der Waals surface area (Å²) in [6, 6.07) is 0. The van der Waals surface area contributed by atoms with E-state index < -0.39 is 10.2 Å². The van der Waals surface area contributed by atoms with Crippen LogP contribution in [0.4, 0.5) is 0 Å². The van der Waals surface area contributed by atoms with E-state index in [-0.39, 0.29) is 12.4 Å². The lowest BCUT2D eigenvalue weighted by molar-refractivity contribution is 0.253. The maximum absolute atomic E-state index is 12.3. The monoisotopic (exact) mass is 313 g/mol. The van der Waals surface area contributed by atoms with E-state index in [2.05, 4.69) is 5.32 Å². The maximum Gasteiger partial charge on any atom is 0.281 e. The highest BCUT2D eigenvalue weighted by Crippen LogP contribution is 2.20. The molecular formula is C12H28ClN3O2S. The maximum atomic E-state index is 12.3. The summed E-state index contributed by atoms with van der Waals surface area (Å²) in [5.74, 6) is 0.962. The highest BCUT2D eigenvalue weighted by Gasteiger charge is 2.30. The molecule has 5 nitrogen and oxygen atoms in total. The fraction of sp³-hybridized carbons (Fsp3) is 1.00. The van der Waals surface area contributed by atoms with Gasteiger partial charge in [0, 0.05) is 26.7 Å². The van der Waals surface area contributed by atoms with Gasteiger partial charge in [0.2, 0.25) is 0 Å². The Labute approximate surface area is 124 Å². The minimum absolute atomic E-state index is 0. The molecule has 19 heavy (non-hydrogen) atoms. The van der Waals surface area contributed by atoms with E-state index >= 15 is 0 Å². The van der Waals surface area contributed by atoms with Gasteiger partial charge in [0.25, 0.3) is 10.2 Å². The molecule has 0 aliphatic carbocycles. The van der Waals surface area contributed by atoms with Gasteiger partial charge in [0.15, 0.2) is 0 Å². The van der Waals surface area contributed by atoms with Gasteiger partial charge in [-0.3, -0.25) is 0 Å². The fourth-order valence-electron chi connectivity index (χ4n) is 2.44. The zero-order valence-corrected chi connectivity index (χ0v) is 14.1. The molecule has 116 valence electrons. The van der Waals surface area contributed by atoms with Crippen molar-refractivity contribution in [3.05, 3.63) is 0 Å². The number of hydrogen-bond donors (Lipinski definition) is 1. The summed E-state index contributed by atoms with van der Waals surface area (Å²) in [4.78, 5) is 0. The predicted molar refractivity (Wildman–Crippen MR) is 81.9 cm³/mol. The van der Waals surface area contributed by atoms with Crippen molar-refractivity contribution in [2.45, 2.75) is 26.7 Å². The minimum Gasteiger partial charge on any atom is -0.319 e. The van der Waals surface area contributed by atoms with Crippen molar-refractivity contribution in [2.75, 3.05) is 40.3 Å². The van der Waals surface area contributed by atoms with Crippen LogP contribution in [-0.4, -0.2) is 57.3 Å². The molecule has 1 saturated heterocycles. The van der Waals surface area contributed by atoms with Crippen LogP contribution in [0.3, 0.4) is 0 Å². The van der Waals surface area contributed by atoms with Crippen molar-refractivity contribution in [2.24, 2.45) is 11.8 Å². The van der Waals surface area contributed by atoms with Crippen molar-refractivity contribution in [1.29, 1.82) is 0 Å². The van der Waals surface area contributed by atoms with Crippen LogP contribution in [0.2, 0.25) is 0 Å². The first kappa shape index (κ1) is 19.1. The van der Waals surface area contributed by atoms with E-state index in [4.69, 9.17) is 0 Å². The fourth-order valence-corrected chi connectivity index (χ4v) is 3.99. The highest BCUT2D eigenvalue weighted by molar-refractivity contribution is 7.86. The Balaban J connectivity index is 0.00000324. The van der Waals surface area contributed by atoms with E-state index in [1.54, 1.807) is 11.4 Å². The number of hydrogen-bond acceptors (Lipinski definition) is 3. The summed E-state index contributed by atoms with van der Waals surface area (Å²) < 4.78 is 27.8. The second-order valence-electron chi connectivity index (χ2n) is 5.58. The summed E-state index contributed by atoms with van der Waals surface area (Å²) >= 11 is 0. The number of nitrogens with zero attached hydrogens (tertiary/aromatic N) is 2. The Morgan fingerprint density at radius 2 is 1.84 bits per heavy atom. The van der Waals surface area contributed by atoms with Gasteiger partial charge in [-0.2, -0.15) is 17.0 Å². The molecule has 0 saturated carbocycles. The van der Waals surface area contributed by atoms with Crippen LogP contribution in [0.1, 0.15) is 26.7 Å². The average Bonchev–Trinajstić information content (AvgIpc) is 2.29. The molecule has 0 radical (unpaired) electrons. The Morgan fingerprint density at radius 3 is 2.26 bits per heavy atom. The SMILES string of the molecule is CNCC1CCN(S(=O)(=O)N(C)CC(C)C)CC1.Cl. The Hall–Kier alpha value is 0.120. The zero-order valence-electron chi connectivity index (χ0n) is 12.4. The molecule has 0 aromatic heterocycles. The normalized spacial score (nSPS) is 18.8. The van der Waals surface area contributed by atoms with Crippen LogP contribution >= 0.6 is 12.4 Å². The van der Waals surface area contributed by atoms with Crippen LogP contribution in [-0.2, 0) is 10.2 Å². The third-order valence-corrected chi connectivity index (χ3v) is 5.36. The number of halogens is 1. The smallest absolute Gasteiger partial charge is 0.281 e. The van der Waals surface area contributed by atoms with Gasteiger partial charge >= 0.3 is 0 Å². The molecule has 1 rings (SSSR count). The molecule has 1 fully saturated rings. The van der Waals surface area contributed by atoms with E-state index in [9.17, 15) is 8.42 Å². The van der Waals surface area contributed by atoms with Crippen molar-refractivity contribution < 1.29 is 8.42 Å². The Bertz CT molecular complexity index is 341. The second-order valence-corrected chi connectivity index (χ2v) is 7.62. The van der Waals surface area contributed by atoms with Gasteiger partial charge in [-0.1, -0.05) is 13.8 Å². The first-order valence-corrected chi connectivity index (χ1v) is 8.13. The number of nitrogens with one attached hydrogen (secondary N) is 1. The van der Waals surface area contributed by atoms with Gasteiger partial charge in [-0.05, 0) is 38.3 Å². The van der Waals surface area contributed by atoms with E-state index in [0.717, 1.165) is 19.4 Å². The molecule has 0 amide bonds. The standard InChI is InChI=1S/C12H27N3O2S.ClH/c1-11(2)10-14(4)18(16,17)15-7-5-12(6-8-15)9-13-3;/h11-13H,5-10H2,1-4H3;1H. The molecule has 0 unspecified atom stereocenters. The van der Waals surface area contributed by atoms with Crippen LogP contribution in [0.5, 0.6) is 0 Å². The zero-order chi connectivity index (χ0) is 13.8. The van der Waals surface area contributed by atoms with Crippen LogP contribution in [0, 0.1) is 11.8 Å². The second kappa shape index (κ2) is 8.42. The molecule has 1 N–H and O–H groups in total. The molecule has 1 aliphatic heterocycles. The molecule has 0 spiro atoms. The first-order chi connectivity index (χ1) is 8.37. The summed E-state index contributed by atoms with van der Waals surface area (Å²) in [5, 5.41) is 3.16. The molecule has 0 atom stereocenters. The summed E-state index contributed by atoms with van der Waals surface area (Å²) in [6.45, 7) is 6.93. The predicted octanol–water partition coefficient (Wildman–Crippen LogP) is 1.17. The van der Waals surface area contributed by atoms with Gasteiger partial charge < -0.3 is 5.32 Å². The van der Waals surface area contributed by atoms with Gasteiger partial charge in [0.05, 0.1) is 0 Å². The first-order valence-electron chi connectivity index (χ1n) is 6.74. The van der Waals surface area contributed by atoms with E-state index in [1.165, 1.54) is 4.31 Å².